The van der Waals surface area contributed by atoms with E-state index >= 15 is 0 Å². The Morgan fingerprint density at radius 2 is 1.56 bits per heavy atom. The molecule has 8 heteroatoms. The van der Waals surface area contributed by atoms with Gasteiger partial charge in [0.05, 0.1) is 11.1 Å². The SMILES string of the molecule is O=C(CO/N=C/c1ccccc1)N1CCN(S(=O)(=O)c2ccccc2)CC1. The van der Waals surface area contributed by atoms with E-state index in [-0.39, 0.29) is 30.5 Å². The van der Waals surface area contributed by atoms with E-state index in [0.717, 1.165) is 5.56 Å². The minimum absolute atomic E-state index is 0.172. The maximum absolute atomic E-state index is 12.6. The summed E-state index contributed by atoms with van der Waals surface area (Å²) in [6, 6.07) is 17.7. The van der Waals surface area contributed by atoms with Crippen LogP contribution in [0.4, 0.5) is 0 Å². The van der Waals surface area contributed by atoms with Crippen LogP contribution in [0.3, 0.4) is 0 Å². The molecule has 1 amide bonds. The van der Waals surface area contributed by atoms with Crippen molar-refractivity contribution in [2.75, 3.05) is 32.8 Å². The number of rotatable bonds is 6. The maximum Gasteiger partial charge on any atom is 0.263 e. The van der Waals surface area contributed by atoms with Crippen molar-refractivity contribution in [1.29, 1.82) is 0 Å². The molecule has 142 valence electrons. The second-order valence-electron chi connectivity index (χ2n) is 6.02. The Kier molecular flexibility index (Phi) is 6.20. The standard InChI is InChI=1S/C19H21N3O4S/c23-19(16-26-20-15-17-7-3-1-4-8-17)21-11-13-22(14-12-21)27(24,25)18-9-5-2-6-10-18/h1-10,15H,11-14,16H2/b20-15+. The van der Waals surface area contributed by atoms with E-state index in [9.17, 15) is 13.2 Å². The lowest BCUT2D eigenvalue weighted by molar-refractivity contribution is -0.137. The van der Waals surface area contributed by atoms with E-state index in [0.29, 0.717) is 13.1 Å². The molecule has 1 aliphatic rings. The summed E-state index contributed by atoms with van der Waals surface area (Å²) in [5, 5.41) is 3.79. The zero-order valence-corrected chi connectivity index (χ0v) is 15.6. The van der Waals surface area contributed by atoms with Gasteiger partial charge in [-0.2, -0.15) is 4.31 Å². The second kappa shape index (κ2) is 8.79. The summed E-state index contributed by atoms with van der Waals surface area (Å²) < 4.78 is 26.6. The van der Waals surface area contributed by atoms with Crippen LogP contribution in [-0.4, -0.2) is 62.5 Å². The van der Waals surface area contributed by atoms with Gasteiger partial charge in [-0.15, -0.1) is 0 Å². The molecule has 0 unspecified atom stereocenters. The maximum atomic E-state index is 12.6. The molecule has 2 aromatic rings. The van der Waals surface area contributed by atoms with Crippen LogP contribution in [0.15, 0.2) is 70.7 Å². The monoisotopic (exact) mass is 387 g/mol. The number of sulfonamides is 1. The number of hydrogen-bond acceptors (Lipinski definition) is 5. The van der Waals surface area contributed by atoms with Crippen molar-refractivity contribution in [1.82, 2.24) is 9.21 Å². The number of carbonyl (C=O) groups excluding carboxylic acids is 1. The topological polar surface area (TPSA) is 79.3 Å². The molecule has 3 rings (SSSR count). The van der Waals surface area contributed by atoms with Crippen molar-refractivity contribution in [3.05, 3.63) is 66.2 Å². The Morgan fingerprint density at radius 1 is 0.963 bits per heavy atom. The number of amides is 1. The molecule has 0 spiro atoms. The quantitative estimate of drug-likeness (QED) is 0.557. The minimum Gasteiger partial charge on any atom is -0.386 e. The smallest absolute Gasteiger partial charge is 0.263 e. The molecule has 0 saturated carbocycles. The molecule has 1 saturated heterocycles. The van der Waals surface area contributed by atoms with Crippen LogP contribution in [0.2, 0.25) is 0 Å². The van der Waals surface area contributed by atoms with Gasteiger partial charge in [-0.25, -0.2) is 8.42 Å². The van der Waals surface area contributed by atoms with Crippen LogP contribution in [0.5, 0.6) is 0 Å². The summed E-state index contributed by atoms with van der Waals surface area (Å²) in [6.45, 7) is 1.01. The molecular formula is C19H21N3O4S. The Morgan fingerprint density at radius 3 is 2.19 bits per heavy atom. The highest BCUT2D eigenvalue weighted by molar-refractivity contribution is 7.89. The van der Waals surface area contributed by atoms with Crippen LogP contribution in [0, 0.1) is 0 Å². The molecular weight excluding hydrogens is 366 g/mol. The first-order valence-electron chi connectivity index (χ1n) is 8.61. The van der Waals surface area contributed by atoms with Gasteiger partial charge in [-0.3, -0.25) is 4.79 Å². The normalized spacial score (nSPS) is 15.8. The van der Waals surface area contributed by atoms with Crippen LogP contribution >= 0.6 is 0 Å². The van der Waals surface area contributed by atoms with Crippen LogP contribution in [0.25, 0.3) is 0 Å². The summed E-state index contributed by atoms with van der Waals surface area (Å²) in [5.41, 5.74) is 0.879. The van der Waals surface area contributed by atoms with Gasteiger partial charge in [0.1, 0.15) is 0 Å². The predicted molar refractivity (Wildman–Crippen MR) is 102 cm³/mol. The molecule has 0 N–H and O–H groups in total. The Hall–Kier alpha value is -2.71. The number of piperazine rings is 1. The van der Waals surface area contributed by atoms with Gasteiger partial charge in [-0.05, 0) is 17.7 Å². The van der Waals surface area contributed by atoms with Gasteiger partial charge in [0, 0.05) is 26.2 Å². The van der Waals surface area contributed by atoms with Crippen molar-refractivity contribution < 1.29 is 18.0 Å². The predicted octanol–water partition coefficient (Wildman–Crippen LogP) is 1.57. The molecule has 0 bridgehead atoms. The molecule has 0 aromatic heterocycles. The van der Waals surface area contributed by atoms with Crippen molar-refractivity contribution in [3.8, 4) is 0 Å². The highest BCUT2D eigenvalue weighted by Crippen LogP contribution is 2.17. The fourth-order valence-electron chi connectivity index (χ4n) is 2.74. The summed E-state index contributed by atoms with van der Waals surface area (Å²) >= 11 is 0. The molecule has 0 radical (unpaired) electrons. The number of hydrogen-bond donors (Lipinski definition) is 0. The van der Waals surface area contributed by atoms with Crippen LogP contribution in [-0.2, 0) is 19.7 Å². The van der Waals surface area contributed by atoms with E-state index in [4.69, 9.17) is 4.84 Å². The Labute approximate surface area is 158 Å². The first-order chi connectivity index (χ1) is 13.1. The first-order valence-corrected chi connectivity index (χ1v) is 10.0. The zero-order chi connectivity index (χ0) is 19.1. The third-order valence-corrected chi connectivity index (χ3v) is 6.15. The van der Waals surface area contributed by atoms with Crippen molar-refractivity contribution in [2.24, 2.45) is 5.16 Å². The van der Waals surface area contributed by atoms with E-state index in [2.05, 4.69) is 5.16 Å². The minimum atomic E-state index is -3.52. The van der Waals surface area contributed by atoms with Crippen molar-refractivity contribution in [3.63, 3.8) is 0 Å². The fraction of sp³-hybridized carbons (Fsp3) is 0.263. The summed E-state index contributed by atoms with van der Waals surface area (Å²) in [5.74, 6) is -0.211. The van der Waals surface area contributed by atoms with E-state index in [1.54, 1.807) is 35.2 Å². The molecule has 1 fully saturated rings. The highest BCUT2D eigenvalue weighted by atomic mass is 32.2. The summed E-state index contributed by atoms with van der Waals surface area (Å²) in [7, 11) is -3.52. The Bertz CT molecular complexity index is 878. The van der Waals surface area contributed by atoms with E-state index in [1.165, 1.54) is 10.5 Å². The van der Waals surface area contributed by atoms with Crippen molar-refractivity contribution in [2.45, 2.75) is 4.90 Å². The summed E-state index contributed by atoms with van der Waals surface area (Å²) in [6.07, 6.45) is 1.54. The van der Waals surface area contributed by atoms with E-state index in [1.807, 2.05) is 30.3 Å². The molecule has 1 heterocycles. The third kappa shape index (κ3) is 4.93. The van der Waals surface area contributed by atoms with Gasteiger partial charge in [0.15, 0.2) is 6.61 Å². The number of carbonyl (C=O) groups is 1. The Balaban J connectivity index is 1.47. The largest absolute Gasteiger partial charge is 0.386 e. The first kappa shape index (κ1) is 19.1. The third-order valence-electron chi connectivity index (χ3n) is 4.24. The van der Waals surface area contributed by atoms with Crippen LogP contribution in [0.1, 0.15) is 5.56 Å². The van der Waals surface area contributed by atoms with Crippen LogP contribution < -0.4 is 0 Å². The molecule has 27 heavy (non-hydrogen) atoms. The van der Waals surface area contributed by atoms with Gasteiger partial charge in [-0.1, -0.05) is 53.7 Å². The number of benzene rings is 2. The zero-order valence-electron chi connectivity index (χ0n) is 14.8. The summed E-state index contributed by atoms with van der Waals surface area (Å²) in [4.78, 5) is 19.1. The molecule has 7 nitrogen and oxygen atoms in total. The lowest BCUT2D eigenvalue weighted by atomic mass is 10.2. The van der Waals surface area contributed by atoms with E-state index < -0.39 is 10.0 Å². The average molecular weight is 387 g/mol. The highest BCUT2D eigenvalue weighted by Gasteiger charge is 2.29. The lowest BCUT2D eigenvalue weighted by Crippen LogP contribution is -2.51. The van der Waals surface area contributed by atoms with Gasteiger partial charge in [0.2, 0.25) is 10.0 Å². The molecule has 2 aromatic carbocycles. The lowest BCUT2D eigenvalue weighted by Gasteiger charge is -2.33. The van der Waals surface area contributed by atoms with Gasteiger partial charge in [0.25, 0.3) is 5.91 Å². The number of oxime groups is 1. The molecule has 0 atom stereocenters. The van der Waals surface area contributed by atoms with Gasteiger partial charge < -0.3 is 9.74 Å². The molecule has 1 aliphatic heterocycles. The second-order valence-corrected chi connectivity index (χ2v) is 7.95. The average Bonchev–Trinajstić information content (AvgIpc) is 2.72. The van der Waals surface area contributed by atoms with Gasteiger partial charge >= 0.3 is 0 Å². The fourth-order valence-corrected chi connectivity index (χ4v) is 4.18. The number of nitrogens with zero attached hydrogens (tertiary/aromatic N) is 3. The van der Waals surface area contributed by atoms with Crippen molar-refractivity contribution >= 4 is 22.1 Å². The molecule has 0 aliphatic carbocycles.